The lowest BCUT2D eigenvalue weighted by Gasteiger charge is -2.27. The van der Waals surface area contributed by atoms with E-state index in [9.17, 15) is 0 Å². The van der Waals surface area contributed by atoms with Crippen LogP contribution in [0, 0.1) is 0 Å². The minimum Gasteiger partial charge on any atom is -0.440 e. The van der Waals surface area contributed by atoms with Gasteiger partial charge < -0.3 is 15.1 Å². The minimum atomic E-state index is 0.421. The Hall–Kier alpha value is -5.02. The number of rotatable bonds is 6. The molecule has 0 unspecified atom stereocenters. The van der Waals surface area contributed by atoms with Gasteiger partial charge in [0.2, 0.25) is 0 Å². The first-order valence-electron chi connectivity index (χ1n) is 12.8. The molecule has 184 valence electrons. The van der Waals surface area contributed by atoms with E-state index in [2.05, 4.69) is 108 Å². The Morgan fingerprint density at radius 1 is 0.579 bits per heavy atom. The third-order valence-electron chi connectivity index (χ3n) is 6.80. The van der Waals surface area contributed by atoms with Crippen molar-refractivity contribution in [2.45, 2.75) is 6.92 Å². The second-order valence-corrected chi connectivity index (χ2v) is 9.19. The molecule has 0 amide bonds. The molecule has 0 fully saturated rings. The number of benzene rings is 5. The zero-order valence-electron chi connectivity index (χ0n) is 21.2. The van der Waals surface area contributed by atoms with Crippen molar-refractivity contribution in [3.63, 3.8) is 0 Å². The Morgan fingerprint density at radius 3 is 1.58 bits per heavy atom. The lowest BCUT2D eigenvalue weighted by molar-refractivity contribution is 0.636. The van der Waals surface area contributed by atoms with Gasteiger partial charge in [-0.15, -0.1) is 0 Å². The van der Waals surface area contributed by atoms with Crippen molar-refractivity contribution < 1.29 is 4.42 Å². The van der Waals surface area contributed by atoms with Gasteiger partial charge >= 0.3 is 0 Å². The number of nitrogen functional groups attached to an aromatic ring is 1. The van der Waals surface area contributed by atoms with E-state index < -0.39 is 0 Å². The highest BCUT2D eigenvalue weighted by Crippen LogP contribution is 2.43. The minimum absolute atomic E-state index is 0.421. The van der Waals surface area contributed by atoms with Crippen LogP contribution in [0.25, 0.3) is 39.3 Å². The largest absolute Gasteiger partial charge is 0.440 e. The highest BCUT2D eigenvalue weighted by Gasteiger charge is 2.20. The molecule has 0 aliphatic carbocycles. The van der Waals surface area contributed by atoms with Gasteiger partial charge in [-0.25, -0.2) is 0 Å². The van der Waals surface area contributed by atoms with Gasteiger partial charge in [0.1, 0.15) is 5.58 Å². The molecule has 2 N–H and O–H groups in total. The van der Waals surface area contributed by atoms with Crippen LogP contribution in [0.4, 0.5) is 22.9 Å². The van der Waals surface area contributed by atoms with Crippen molar-refractivity contribution in [1.29, 1.82) is 0 Å². The molecule has 5 aromatic carbocycles. The number of nitrogens with zero attached hydrogens (tertiary/aromatic N) is 1. The van der Waals surface area contributed by atoms with Gasteiger partial charge in [-0.1, -0.05) is 103 Å². The van der Waals surface area contributed by atoms with Gasteiger partial charge in [-0.2, -0.15) is 0 Å². The van der Waals surface area contributed by atoms with Crippen LogP contribution in [0.5, 0.6) is 0 Å². The number of furan rings is 1. The third kappa shape index (κ3) is 4.35. The Labute approximate surface area is 223 Å². The van der Waals surface area contributed by atoms with Crippen molar-refractivity contribution in [2.75, 3.05) is 10.6 Å². The first-order chi connectivity index (χ1) is 18.7. The molecule has 0 atom stereocenters. The predicted octanol–water partition coefficient (Wildman–Crippen LogP) is 9.85. The average Bonchev–Trinajstić information content (AvgIpc) is 3.30. The molecule has 6 rings (SSSR count). The van der Waals surface area contributed by atoms with Crippen LogP contribution >= 0.6 is 0 Å². The molecule has 1 heterocycles. The van der Waals surface area contributed by atoms with Crippen LogP contribution in [0.2, 0.25) is 0 Å². The van der Waals surface area contributed by atoms with Gasteiger partial charge in [0, 0.05) is 16.9 Å². The number of allylic oxidation sites excluding steroid dienone is 1. The monoisotopic (exact) mass is 492 g/mol. The Bertz CT molecular complexity index is 1620. The van der Waals surface area contributed by atoms with Crippen molar-refractivity contribution in [3.05, 3.63) is 139 Å². The van der Waals surface area contributed by atoms with E-state index >= 15 is 0 Å². The molecule has 3 nitrogen and oxygen atoms in total. The molecule has 0 saturated heterocycles. The number of nitrogens with two attached hydrogens (primary N) is 1. The highest BCUT2D eigenvalue weighted by atomic mass is 16.3. The average molecular weight is 493 g/mol. The molecule has 3 heteroatoms. The Balaban J connectivity index is 1.52. The normalized spacial score (nSPS) is 11.3. The summed E-state index contributed by atoms with van der Waals surface area (Å²) >= 11 is 0. The van der Waals surface area contributed by atoms with Crippen LogP contribution in [0.3, 0.4) is 0 Å². The zero-order valence-corrected chi connectivity index (χ0v) is 21.2. The van der Waals surface area contributed by atoms with E-state index in [4.69, 9.17) is 10.2 Å². The number of hydrogen-bond acceptors (Lipinski definition) is 3. The van der Waals surface area contributed by atoms with Gasteiger partial charge in [-0.05, 0) is 65.6 Å². The molecule has 0 spiro atoms. The fourth-order valence-corrected chi connectivity index (χ4v) is 4.98. The fourth-order valence-electron chi connectivity index (χ4n) is 4.98. The summed E-state index contributed by atoms with van der Waals surface area (Å²) in [7, 11) is 0. The summed E-state index contributed by atoms with van der Waals surface area (Å²) in [5.41, 5.74) is 15.8. The predicted molar refractivity (Wildman–Crippen MR) is 161 cm³/mol. The number of hydrogen-bond donors (Lipinski definition) is 1. The zero-order chi connectivity index (χ0) is 25.9. The molecule has 0 aliphatic heterocycles. The van der Waals surface area contributed by atoms with Crippen LogP contribution in [0.15, 0.2) is 138 Å². The van der Waals surface area contributed by atoms with E-state index in [1.54, 1.807) is 0 Å². The summed E-state index contributed by atoms with van der Waals surface area (Å²) in [4.78, 5) is 2.27. The summed E-state index contributed by atoms with van der Waals surface area (Å²) in [6.45, 7) is 1.99. The first-order valence-corrected chi connectivity index (χ1v) is 12.8. The van der Waals surface area contributed by atoms with Gasteiger partial charge in [-0.3, -0.25) is 0 Å². The van der Waals surface area contributed by atoms with E-state index in [0.29, 0.717) is 5.88 Å². The number of anilines is 4. The lowest BCUT2D eigenvalue weighted by atomic mass is 10.0. The van der Waals surface area contributed by atoms with Crippen molar-refractivity contribution in [1.82, 2.24) is 0 Å². The van der Waals surface area contributed by atoms with E-state index in [0.717, 1.165) is 33.6 Å². The standard InChI is InChI=1S/C35H28N2O/c1-2-10-31-34-32(15-9-16-33(34)38-35(31)36)37(29-21-17-27(18-22-29)25-11-5-3-6-12-25)30-23-19-28(20-24-30)26-13-7-4-8-14-26/h2-24H,36H2,1H3/b10-2-. The first kappa shape index (κ1) is 23.4. The van der Waals surface area contributed by atoms with Crippen LogP contribution < -0.4 is 10.6 Å². The van der Waals surface area contributed by atoms with Crippen molar-refractivity contribution >= 4 is 40.0 Å². The molecule has 1 aromatic heterocycles. The van der Waals surface area contributed by atoms with Gasteiger partial charge in [0.15, 0.2) is 5.88 Å². The van der Waals surface area contributed by atoms with Gasteiger partial charge in [0.05, 0.1) is 11.1 Å². The molecular formula is C35H28N2O. The van der Waals surface area contributed by atoms with Crippen LogP contribution in [-0.4, -0.2) is 0 Å². The fraction of sp³-hybridized carbons (Fsp3) is 0.0286. The molecule has 0 radical (unpaired) electrons. The smallest absolute Gasteiger partial charge is 0.198 e. The van der Waals surface area contributed by atoms with Crippen molar-refractivity contribution in [3.8, 4) is 22.3 Å². The maximum absolute atomic E-state index is 6.32. The molecule has 6 aromatic rings. The maximum atomic E-state index is 6.32. The summed E-state index contributed by atoms with van der Waals surface area (Å²) in [6.07, 6.45) is 4.00. The van der Waals surface area contributed by atoms with Crippen molar-refractivity contribution in [2.24, 2.45) is 0 Å². The molecule has 0 aliphatic rings. The summed E-state index contributed by atoms with van der Waals surface area (Å²) in [5, 5.41) is 0.988. The second-order valence-electron chi connectivity index (χ2n) is 9.19. The molecule has 0 saturated carbocycles. The SMILES string of the molecule is C/C=C\c1c(N)oc2cccc(N(c3ccc(-c4ccccc4)cc3)c3ccc(-c4ccccc4)cc3)c12. The molecular weight excluding hydrogens is 464 g/mol. The summed E-state index contributed by atoms with van der Waals surface area (Å²) in [5.74, 6) is 0.421. The third-order valence-corrected chi connectivity index (χ3v) is 6.80. The summed E-state index contributed by atoms with van der Waals surface area (Å²) in [6, 6.07) is 44.4. The maximum Gasteiger partial charge on any atom is 0.198 e. The van der Waals surface area contributed by atoms with E-state index in [1.165, 1.54) is 22.3 Å². The van der Waals surface area contributed by atoms with E-state index in [1.807, 2.05) is 43.3 Å². The molecule has 38 heavy (non-hydrogen) atoms. The van der Waals surface area contributed by atoms with Crippen LogP contribution in [0.1, 0.15) is 12.5 Å². The van der Waals surface area contributed by atoms with Crippen LogP contribution in [-0.2, 0) is 0 Å². The Kier molecular flexibility index (Phi) is 6.25. The molecule has 0 bridgehead atoms. The lowest BCUT2D eigenvalue weighted by Crippen LogP contribution is -2.10. The quantitative estimate of drug-likeness (QED) is 0.251. The second kappa shape index (κ2) is 10.2. The Morgan fingerprint density at radius 2 is 1.08 bits per heavy atom. The summed E-state index contributed by atoms with van der Waals surface area (Å²) < 4.78 is 5.97. The number of fused-ring (bicyclic) bond motifs is 1. The van der Waals surface area contributed by atoms with E-state index in [-0.39, 0.29) is 0 Å². The van der Waals surface area contributed by atoms with Gasteiger partial charge in [0.25, 0.3) is 0 Å². The topological polar surface area (TPSA) is 42.4 Å². The highest BCUT2D eigenvalue weighted by molar-refractivity contribution is 6.04.